The first-order valence-corrected chi connectivity index (χ1v) is 8.27. The second-order valence-corrected chi connectivity index (χ2v) is 7.04. The van der Waals surface area contributed by atoms with E-state index in [1.54, 1.807) is 0 Å². The Morgan fingerprint density at radius 2 is 1.70 bits per heavy atom. The monoisotopic (exact) mass is 327 g/mol. The molecular weight excluding hydrogens is 306 g/mol. The summed E-state index contributed by atoms with van der Waals surface area (Å²) in [5, 5.41) is 2.29. The van der Waals surface area contributed by atoms with Crippen LogP contribution in [0.4, 0.5) is 0 Å². The first-order chi connectivity index (χ1) is 10.7. The summed E-state index contributed by atoms with van der Waals surface area (Å²) in [7, 11) is 2.30. The van der Waals surface area contributed by atoms with Crippen molar-refractivity contribution in [1.29, 1.82) is 0 Å². The minimum atomic E-state index is 0. The zero-order valence-electron chi connectivity index (χ0n) is 13.5. The molecule has 1 heterocycles. The van der Waals surface area contributed by atoms with Crippen molar-refractivity contribution in [1.82, 2.24) is 0 Å². The fourth-order valence-electron chi connectivity index (χ4n) is 4.07. The van der Waals surface area contributed by atoms with Crippen LogP contribution in [0.2, 0.25) is 0 Å². The third-order valence-electron chi connectivity index (χ3n) is 5.25. The number of likely N-dealkylation sites (N-methyl/N-ethyl adjacent to an activating group) is 1. The highest BCUT2D eigenvalue weighted by Crippen LogP contribution is 2.32. The van der Waals surface area contributed by atoms with E-state index >= 15 is 0 Å². The normalized spacial score (nSPS) is 19.2. The summed E-state index contributed by atoms with van der Waals surface area (Å²) in [6.45, 7) is 3.25. The molecule has 0 aromatic heterocycles. The number of halogens is 1. The van der Waals surface area contributed by atoms with Gasteiger partial charge in [0.05, 0.1) is 25.7 Å². The lowest BCUT2D eigenvalue weighted by Gasteiger charge is -2.38. The van der Waals surface area contributed by atoms with E-state index in [0.29, 0.717) is 0 Å². The summed E-state index contributed by atoms with van der Waals surface area (Å²) in [5.74, 6) is 0.231. The van der Waals surface area contributed by atoms with Gasteiger partial charge in [0.1, 0.15) is 6.54 Å². The quantitative estimate of drug-likeness (QED) is 0.754. The molecular formula is C20H22ClNO. The Morgan fingerprint density at radius 1 is 1.00 bits per heavy atom. The number of carbonyl (C=O) groups is 1. The summed E-state index contributed by atoms with van der Waals surface area (Å²) >= 11 is 0. The second kappa shape index (κ2) is 6.10. The van der Waals surface area contributed by atoms with Crippen LogP contribution in [-0.2, 0) is 0 Å². The molecule has 4 rings (SSSR count). The van der Waals surface area contributed by atoms with Crippen molar-refractivity contribution in [3.63, 3.8) is 0 Å². The minimum absolute atomic E-state index is 0. The molecule has 0 atom stereocenters. The van der Waals surface area contributed by atoms with Gasteiger partial charge in [-0.15, -0.1) is 0 Å². The maximum Gasteiger partial charge on any atom is 0.195 e. The number of hydrogen-bond donors (Lipinski definition) is 0. The Kier molecular flexibility index (Phi) is 4.31. The molecule has 2 aromatic carbocycles. The van der Waals surface area contributed by atoms with E-state index in [0.717, 1.165) is 32.9 Å². The van der Waals surface area contributed by atoms with Gasteiger partial charge in [0.15, 0.2) is 5.78 Å². The Morgan fingerprint density at radius 3 is 2.43 bits per heavy atom. The van der Waals surface area contributed by atoms with Crippen LogP contribution >= 0.6 is 0 Å². The van der Waals surface area contributed by atoms with Gasteiger partial charge in [-0.05, 0) is 36.3 Å². The number of benzene rings is 2. The summed E-state index contributed by atoms with van der Waals surface area (Å²) in [6.07, 6.45) is 6.03. The number of piperidine rings is 1. The Hall–Kier alpha value is -1.64. The number of ketones is 1. The molecule has 2 aromatic rings. The van der Waals surface area contributed by atoms with E-state index in [4.69, 9.17) is 0 Å². The number of likely N-dealkylation sites (tertiary alicyclic amines) is 1. The Labute approximate surface area is 143 Å². The van der Waals surface area contributed by atoms with Crippen molar-refractivity contribution in [3.8, 4) is 0 Å². The summed E-state index contributed by atoms with van der Waals surface area (Å²) in [4.78, 5) is 12.9. The van der Waals surface area contributed by atoms with Crippen LogP contribution in [0, 0.1) is 0 Å². The fraction of sp³-hybridized carbons (Fsp3) is 0.350. The summed E-state index contributed by atoms with van der Waals surface area (Å²) in [5.41, 5.74) is 3.07. The predicted octanol–water partition coefficient (Wildman–Crippen LogP) is 1.05. The van der Waals surface area contributed by atoms with E-state index in [2.05, 4.69) is 37.4 Å². The molecule has 1 aliphatic carbocycles. The average Bonchev–Trinajstić information content (AvgIpc) is 2.53. The van der Waals surface area contributed by atoms with Crippen LogP contribution in [0.25, 0.3) is 16.8 Å². The maximum atomic E-state index is 12.9. The lowest BCUT2D eigenvalue weighted by atomic mass is 9.87. The first kappa shape index (κ1) is 16.2. The molecule has 0 unspecified atom stereocenters. The molecule has 1 fully saturated rings. The Bertz CT molecular complexity index is 782. The molecule has 120 valence electrons. The van der Waals surface area contributed by atoms with Crippen LogP contribution < -0.4 is 12.4 Å². The van der Waals surface area contributed by atoms with Crippen LogP contribution in [0.15, 0.2) is 42.0 Å². The van der Waals surface area contributed by atoms with E-state index < -0.39 is 0 Å². The molecule has 0 spiro atoms. The highest BCUT2D eigenvalue weighted by molar-refractivity contribution is 6.22. The van der Waals surface area contributed by atoms with Crippen LogP contribution in [0.1, 0.15) is 35.2 Å². The number of Topliss-reactive ketones (excluding diaryl/α,β-unsaturated/α-hetero) is 1. The molecule has 23 heavy (non-hydrogen) atoms. The molecule has 2 nitrogen and oxygen atoms in total. The lowest BCUT2D eigenvalue weighted by Crippen LogP contribution is -3.00. The zero-order chi connectivity index (χ0) is 15.2. The lowest BCUT2D eigenvalue weighted by molar-refractivity contribution is -0.909. The standard InChI is InChI=1S/C20H22NO.ClH/c1-21(11-3-2-4-12-21)14-17-13-16-9-5-7-15-8-6-10-18(19(15)16)20(17)22;/h5-10,13H,2-4,11-12,14H2,1H3;1H/q+1;/p-1. The number of rotatable bonds is 2. The molecule has 1 aliphatic heterocycles. The Balaban J connectivity index is 0.00000156. The van der Waals surface area contributed by atoms with Crippen molar-refractivity contribution in [2.45, 2.75) is 19.3 Å². The van der Waals surface area contributed by atoms with Gasteiger partial charge in [-0.2, -0.15) is 0 Å². The largest absolute Gasteiger partial charge is 1.00 e. The van der Waals surface area contributed by atoms with Crippen molar-refractivity contribution in [3.05, 3.63) is 53.1 Å². The van der Waals surface area contributed by atoms with Gasteiger partial charge in [0.25, 0.3) is 0 Å². The van der Waals surface area contributed by atoms with Gasteiger partial charge in [-0.3, -0.25) is 4.79 Å². The third-order valence-corrected chi connectivity index (χ3v) is 5.25. The van der Waals surface area contributed by atoms with Crippen molar-refractivity contribution in [2.75, 3.05) is 26.7 Å². The molecule has 0 bridgehead atoms. The molecule has 0 saturated carbocycles. The molecule has 3 heteroatoms. The van der Waals surface area contributed by atoms with Gasteiger partial charge >= 0.3 is 0 Å². The molecule has 1 saturated heterocycles. The smallest absolute Gasteiger partial charge is 0.195 e. The third kappa shape index (κ3) is 2.82. The number of carbonyl (C=O) groups excluding carboxylic acids is 1. The summed E-state index contributed by atoms with van der Waals surface area (Å²) < 4.78 is 1.01. The molecule has 2 aliphatic rings. The molecule has 0 N–H and O–H groups in total. The van der Waals surface area contributed by atoms with Gasteiger partial charge in [0, 0.05) is 10.9 Å². The molecule has 0 radical (unpaired) electrons. The van der Waals surface area contributed by atoms with Crippen LogP contribution in [-0.4, -0.2) is 36.9 Å². The highest BCUT2D eigenvalue weighted by Gasteiger charge is 2.31. The van der Waals surface area contributed by atoms with Gasteiger partial charge in [0.2, 0.25) is 0 Å². The maximum absolute atomic E-state index is 12.9. The minimum Gasteiger partial charge on any atom is -1.00 e. The SMILES string of the molecule is C[N+]1(CC2=Cc3cccc4cccc(c34)C2=O)CCCCC1.[Cl-]. The number of quaternary nitrogens is 1. The highest BCUT2D eigenvalue weighted by atomic mass is 35.5. The van der Waals surface area contributed by atoms with Crippen LogP contribution in [0.5, 0.6) is 0 Å². The van der Waals surface area contributed by atoms with E-state index in [1.165, 1.54) is 37.9 Å². The van der Waals surface area contributed by atoms with Gasteiger partial charge in [-0.25, -0.2) is 0 Å². The first-order valence-electron chi connectivity index (χ1n) is 8.27. The number of nitrogens with zero attached hydrogens (tertiary/aromatic N) is 1. The van der Waals surface area contributed by atoms with Crippen molar-refractivity contribution in [2.24, 2.45) is 0 Å². The van der Waals surface area contributed by atoms with Gasteiger partial charge in [-0.1, -0.05) is 36.4 Å². The zero-order valence-corrected chi connectivity index (χ0v) is 14.3. The van der Waals surface area contributed by atoms with Gasteiger partial charge < -0.3 is 16.9 Å². The molecule has 0 amide bonds. The van der Waals surface area contributed by atoms with Crippen molar-refractivity contribution < 1.29 is 21.7 Å². The van der Waals surface area contributed by atoms with E-state index in [9.17, 15) is 4.79 Å². The fourth-order valence-corrected chi connectivity index (χ4v) is 4.07. The second-order valence-electron chi connectivity index (χ2n) is 7.04. The van der Waals surface area contributed by atoms with Crippen LogP contribution in [0.3, 0.4) is 0 Å². The topological polar surface area (TPSA) is 17.1 Å². The number of hydrogen-bond acceptors (Lipinski definition) is 1. The van der Waals surface area contributed by atoms with E-state index in [-0.39, 0.29) is 18.2 Å². The summed E-state index contributed by atoms with van der Waals surface area (Å²) in [6, 6.07) is 12.4. The van der Waals surface area contributed by atoms with Crippen molar-refractivity contribution >= 4 is 22.6 Å². The van der Waals surface area contributed by atoms with E-state index in [1.807, 2.05) is 12.1 Å². The average molecular weight is 328 g/mol. The predicted molar refractivity (Wildman–Crippen MR) is 90.9 cm³/mol.